The van der Waals surface area contributed by atoms with Gasteiger partial charge in [-0.05, 0) is 41.2 Å². The van der Waals surface area contributed by atoms with E-state index in [0.717, 1.165) is 22.0 Å². The largest absolute Gasteiger partial charge is 0.320 e. The molecule has 0 heterocycles. The minimum Gasteiger partial charge on any atom is -0.320 e. The van der Waals surface area contributed by atoms with Crippen LogP contribution < -0.4 is 5.73 Å². The maximum Gasteiger partial charge on any atom is 0.0562 e. The van der Waals surface area contributed by atoms with Crippen LogP contribution in [-0.4, -0.2) is 0 Å². The number of hydrogen-bond donors (Lipinski definition) is 1. The molecule has 0 aliphatic heterocycles. The molecule has 0 saturated carbocycles. The summed E-state index contributed by atoms with van der Waals surface area (Å²) in [6.07, 6.45) is 1.10. The summed E-state index contributed by atoms with van der Waals surface area (Å²) in [6, 6.07) is 14.1. The van der Waals surface area contributed by atoms with Crippen molar-refractivity contribution in [1.29, 1.82) is 0 Å². The molecule has 3 heteroatoms. The van der Waals surface area contributed by atoms with E-state index in [1.807, 2.05) is 18.2 Å². The maximum atomic E-state index is 6.35. The smallest absolute Gasteiger partial charge is 0.0562 e. The van der Waals surface area contributed by atoms with E-state index in [2.05, 4.69) is 54.0 Å². The van der Waals surface area contributed by atoms with Gasteiger partial charge < -0.3 is 5.73 Å². The third kappa shape index (κ3) is 3.85. The molecule has 0 fully saturated rings. The summed E-state index contributed by atoms with van der Waals surface area (Å²) < 4.78 is 0.948. The van der Waals surface area contributed by atoms with Crippen LogP contribution in [0.25, 0.3) is 0 Å². The van der Waals surface area contributed by atoms with Crippen molar-refractivity contribution in [2.45, 2.75) is 26.3 Å². The first-order valence-electron chi connectivity index (χ1n) is 6.76. The molecular formula is C17H19BrClN. The van der Waals surface area contributed by atoms with Crippen LogP contribution in [0, 0.1) is 5.92 Å². The lowest BCUT2D eigenvalue weighted by atomic mass is 9.96. The number of nitrogens with two attached hydrogens (primary N) is 1. The van der Waals surface area contributed by atoms with Gasteiger partial charge in [-0.1, -0.05) is 71.7 Å². The van der Waals surface area contributed by atoms with Gasteiger partial charge in [0.15, 0.2) is 0 Å². The predicted octanol–water partition coefficient (Wildman–Crippen LogP) is 5.35. The fourth-order valence-electron chi connectivity index (χ4n) is 2.27. The Balaban J connectivity index is 2.22. The first kappa shape index (κ1) is 15.6. The summed E-state index contributed by atoms with van der Waals surface area (Å²) in [4.78, 5) is 0. The van der Waals surface area contributed by atoms with Crippen molar-refractivity contribution >= 4 is 27.5 Å². The highest BCUT2D eigenvalue weighted by Gasteiger charge is 2.12. The van der Waals surface area contributed by atoms with Crippen molar-refractivity contribution in [3.05, 3.63) is 68.7 Å². The second-order valence-electron chi connectivity index (χ2n) is 5.48. The van der Waals surface area contributed by atoms with E-state index in [1.165, 1.54) is 5.56 Å². The lowest BCUT2D eigenvalue weighted by Crippen LogP contribution is -2.12. The van der Waals surface area contributed by atoms with E-state index >= 15 is 0 Å². The fourth-order valence-corrected chi connectivity index (χ4v) is 3.20. The summed E-state index contributed by atoms with van der Waals surface area (Å²) in [5.74, 6) is 0.667. The molecule has 0 bridgehead atoms. The quantitative estimate of drug-likeness (QED) is 0.788. The van der Waals surface area contributed by atoms with Crippen LogP contribution in [0.4, 0.5) is 0 Å². The van der Waals surface area contributed by atoms with Crippen molar-refractivity contribution in [2.75, 3.05) is 0 Å². The third-order valence-corrected chi connectivity index (χ3v) is 4.20. The van der Waals surface area contributed by atoms with Gasteiger partial charge in [0.1, 0.15) is 0 Å². The second kappa shape index (κ2) is 6.75. The van der Waals surface area contributed by atoms with Crippen LogP contribution >= 0.6 is 27.5 Å². The van der Waals surface area contributed by atoms with Gasteiger partial charge in [-0.2, -0.15) is 0 Å². The fraction of sp³-hybridized carbons (Fsp3) is 0.294. The minimum absolute atomic E-state index is 0.144. The summed E-state index contributed by atoms with van der Waals surface area (Å²) >= 11 is 9.49. The molecule has 0 radical (unpaired) electrons. The highest BCUT2D eigenvalue weighted by Crippen LogP contribution is 2.29. The van der Waals surface area contributed by atoms with Crippen molar-refractivity contribution in [3.63, 3.8) is 0 Å². The van der Waals surface area contributed by atoms with Crippen LogP contribution in [0.2, 0.25) is 5.02 Å². The Morgan fingerprint density at radius 2 is 1.75 bits per heavy atom. The molecule has 0 saturated heterocycles. The van der Waals surface area contributed by atoms with Crippen LogP contribution in [0.3, 0.4) is 0 Å². The second-order valence-corrected chi connectivity index (χ2v) is 6.77. The Hall–Kier alpha value is -0.830. The lowest BCUT2D eigenvalue weighted by molar-refractivity contribution is 0.647. The third-order valence-electron chi connectivity index (χ3n) is 3.28. The molecule has 106 valence electrons. The van der Waals surface area contributed by atoms with Gasteiger partial charge in [0.05, 0.1) is 6.04 Å². The van der Waals surface area contributed by atoms with E-state index in [1.54, 1.807) is 0 Å². The average molecular weight is 353 g/mol. The first-order chi connectivity index (χ1) is 9.47. The molecule has 2 aromatic carbocycles. The zero-order valence-electron chi connectivity index (χ0n) is 11.7. The SMILES string of the molecule is CC(C)Cc1ccc(C(N)c2ccc(Cl)cc2Br)cc1. The number of hydrogen-bond acceptors (Lipinski definition) is 1. The Labute approximate surface area is 134 Å². The van der Waals surface area contributed by atoms with Crippen LogP contribution in [0.15, 0.2) is 46.9 Å². The van der Waals surface area contributed by atoms with Gasteiger partial charge in [-0.3, -0.25) is 0 Å². The van der Waals surface area contributed by atoms with Gasteiger partial charge in [0.2, 0.25) is 0 Å². The maximum absolute atomic E-state index is 6.35. The van der Waals surface area contributed by atoms with Crippen LogP contribution in [-0.2, 0) is 6.42 Å². The molecular weight excluding hydrogens is 334 g/mol. The Kier molecular flexibility index (Phi) is 5.25. The molecule has 2 N–H and O–H groups in total. The monoisotopic (exact) mass is 351 g/mol. The van der Waals surface area contributed by atoms with E-state index in [0.29, 0.717) is 10.9 Å². The standard InChI is InChI=1S/C17H19BrClN/c1-11(2)9-12-3-5-13(6-4-12)17(20)15-8-7-14(19)10-16(15)18/h3-8,10-11,17H,9,20H2,1-2H3. The lowest BCUT2D eigenvalue weighted by Gasteiger charge is -2.15. The van der Waals surface area contributed by atoms with Crippen molar-refractivity contribution in [1.82, 2.24) is 0 Å². The molecule has 0 amide bonds. The first-order valence-corrected chi connectivity index (χ1v) is 7.94. The Morgan fingerprint density at radius 3 is 2.30 bits per heavy atom. The molecule has 2 aromatic rings. The van der Waals surface area contributed by atoms with Gasteiger partial charge >= 0.3 is 0 Å². The Bertz CT molecular complexity index is 578. The van der Waals surface area contributed by atoms with E-state index in [4.69, 9.17) is 17.3 Å². The summed E-state index contributed by atoms with van der Waals surface area (Å²) in [7, 11) is 0. The van der Waals surface area contributed by atoms with Gasteiger partial charge in [0.25, 0.3) is 0 Å². The summed E-state index contributed by atoms with van der Waals surface area (Å²) in [5, 5.41) is 0.708. The molecule has 1 nitrogen and oxygen atoms in total. The average Bonchev–Trinajstić information content (AvgIpc) is 2.38. The van der Waals surface area contributed by atoms with Gasteiger partial charge in [0, 0.05) is 9.50 Å². The van der Waals surface area contributed by atoms with E-state index < -0.39 is 0 Å². The number of benzene rings is 2. The Morgan fingerprint density at radius 1 is 1.10 bits per heavy atom. The normalized spacial score (nSPS) is 12.7. The highest BCUT2D eigenvalue weighted by atomic mass is 79.9. The molecule has 1 unspecified atom stereocenters. The topological polar surface area (TPSA) is 26.0 Å². The van der Waals surface area contributed by atoms with E-state index in [-0.39, 0.29) is 6.04 Å². The van der Waals surface area contributed by atoms with Crippen LogP contribution in [0.5, 0.6) is 0 Å². The molecule has 0 spiro atoms. The van der Waals surface area contributed by atoms with Gasteiger partial charge in [-0.25, -0.2) is 0 Å². The molecule has 0 aromatic heterocycles. The van der Waals surface area contributed by atoms with Crippen molar-refractivity contribution < 1.29 is 0 Å². The predicted molar refractivity (Wildman–Crippen MR) is 90.2 cm³/mol. The highest BCUT2D eigenvalue weighted by molar-refractivity contribution is 9.10. The number of halogens is 2. The van der Waals surface area contributed by atoms with Gasteiger partial charge in [-0.15, -0.1) is 0 Å². The number of rotatable bonds is 4. The molecule has 0 aliphatic rings. The summed E-state index contributed by atoms with van der Waals surface area (Å²) in [5.41, 5.74) is 9.86. The van der Waals surface area contributed by atoms with Crippen molar-refractivity contribution in [2.24, 2.45) is 11.7 Å². The zero-order valence-corrected chi connectivity index (χ0v) is 14.1. The molecule has 1 atom stereocenters. The van der Waals surface area contributed by atoms with Crippen molar-refractivity contribution in [3.8, 4) is 0 Å². The molecule has 0 aliphatic carbocycles. The summed E-state index contributed by atoms with van der Waals surface area (Å²) in [6.45, 7) is 4.45. The molecule has 2 rings (SSSR count). The minimum atomic E-state index is -0.144. The zero-order chi connectivity index (χ0) is 14.7. The van der Waals surface area contributed by atoms with E-state index in [9.17, 15) is 0 Å². The van der Waals surface area contributed by atoms with Crippen LogP contribution in [0.1, 0.15) is 36.6 Å². The molecule has 20 heavy (non-hydrogen) atoms.